The van der Waals surface area contributed by atoms with Crippen LogP contribution in [0.4, 0.5) is 11.4 Å². The molecule has 0 fully saturated rings. The van der Waals surface area contributed by atoms with Gasteiger partial charge < -0.3 is 15.4 Å². The van der Waals surface area contributed by atoms with E-state index in [1.54, 1.807) is 11.8 Å². The van der Waals surface area contributed by atoms with E-state index < -0.39 is 0 Å². The van der Waals surface area contributed by atoms with Crippen molar-refractivity contribution in [1.29, 1.82) is 0 Å². The minimum Gasteiger partial charge on any atom is -0.495 e. The average Bonchev–Trinajstić information content (AvgIpc) is 3.05. The van der Waals surface area contributed by atoms with Crippen LogP contribution in [0.5, 0.6) is 5.75 Å². The van der Waals surface area contributed by atoms with E-state index in [2.05, 4.69) is 27.3 Å². The van der Waals surface area contributed by atoms with E-state index in [0.29, 0.717) is 11.4 Å². The van der Waals surface area contributed by atoms with Crippen LogP contribution < -0.4 is 15.4 Å². The average molecular weight is 309 g/mol. The molecule has 0 saturated heterocycles. The highest BCUT2D eigenvalue weighted by Crippen LogP contribution is 2.25. The molecule has 0 amide bonds. The first-order valence-electron chi connectivity index (χ1n) is 7.22. The highest BCUT2D eigenvalue weighted by molar-refractivity contribution is 5.63. The van der Waals surface area contributed by atoms with Crippen molar-refractivity contribution < 1.29 is 4.74 Å². The van der Waals surface area contributed by atoms with Gasteiger partial charge in [0.25, 0.3) is 0 Å². The van der Waals surface area contributed by atoms with E-state index in [1.165, 1.54) is 0 Å². The van der Waals surface area contributed by atoms with Gasteiger partial charge in [-0.15, -0.1) is 5.10 Å². The molecule has 0 saturated carbocycles. The van der Waals surface area contributed by atoms with E-state index in [4.69, 9.17) is 10.5 Å². The summed E-state index contributed by atoms with van der Waals surface area (Å²) in [4.78, 5) is 2.06. The van der Waals surface area contributed by atoms with Crippen molar-refractivity contribution in [1.82, 2.24) is 15.0 Å². The topological polar surface area (TPSA) is 69.2 Å². The Hall–Kier alpha value is -3.02. The zero-order valence-electron chi connectivity index (χ0n) is 13.4. The van der Waals surface area contributed by atoms with Gasteiger partial charge in [-0.05, 0) is 30.3 Å². The third-order valence-electron chi connectivity index (χ3n) is 3.65. The van der Waals surface area contributed by atoms with E-state index in [9.17, 15) is 0 Å². The lowest BCUT2D eigenvalue weighted by Crippen LogP contribution is -2.07. The predicted molar refractivity (Wildman–Crippen MR) is 92.1 cm³/mol. The molecule has 0 aliphatic heterocycles. The summed E-state index contributed by atoms with van der Waals surface area (Å²) < 4.78 is 6.87. The highest BCUT2D eigenvalue weighted by atomic mass is 16.5. The first kappa shape index (κ1) is 14.9. The van der Waals surface area contributed by atoms with Gasteiger partial charge in [0.05, 0.1) is 24.7 Å². The molecule has 0 unspecified atom stereocenters. The molecule has 0 aliphatic rings. The molecule has 1 aromatic heterocycles. The fourth-order valence-corrected chi connectivity index (χ4v) is 2.32. The summed E-state index contributed by atoms with van der Waals surface area (Å²) in [7, 11) is 5.62. The molecule has 1 heterocycles. The molecule has 2 N–H and O–H groups in total. The Balaban J connectivity index is 1.89. The second-order valence-corrected chi connectivity index (χ2v) is 5.42. The molecule has 0 aliphatic carbocycles. The third kappa shape index (κ3) is 2.96. The van der Waals surface area contributed by atoms with Crippen molar-refractivity contribution in [2.24, 2.45) is 0 Å². The number of nitrogens with two attached hydrogens (primary N) is 1. The maximum atomic E-state index is 5.94. The molecular formula is C17H19N5O. The van der Waals surface area contributed by atoms with Gasteiger partial charge in [-0.1, -0.05) is 17.3 Å². The van der Waals surface area contributed by atoms with Crippen molar-refractivity contribution >= 4 is 11.4 Å². The van der Waals surface area contributed by atoms with Crippen LogP contribution in [-0.2, 0) is 0 Å². The van der Waals surface area contributed by atoms with E-state index in [1.807, 2.05) is 50.6 Å². The number of anilines is 2. The Morgan fingerprint density at radius 3 is 2.43 bits per heavy atom. The molecule has 118 valence electrons. The van der Waals surface area contributed by atoms with E-state index in [-0.39, 0.29) is 0 Å². The Morgan fingerprint density at radius 2 is 1.83 bits per heavy atom. The van der Waals surface area contributed by atoms with Crippen molar-refractivity contribution in [2.45, 2.75) is 0 Å². The molecule has 3 rings (SSSR count). The van der Waals surface area contributed by atoms with Crippen molar-refractivity contribution in [3.8, 4) is 22.7 Å². The third-order valence-corrected chi connectivity index (χ3v) is 3.65. The number of ether oxygens (including phenoxy) is 1. The summed E-state index contributed by atoms with van der Waals surface area (Å²) in [6.45, 7) is 0. The zero-order valence-corrected chi connectivity index (χ0v) is 13.4. The number of nitrogen functional groups attached to an aromatic ring is 1. The number of rotatable bonds is 4. The SMILES string of the molecule is COc1ccc(-n2cc(-c3ccc(N(C)C)cc3)nn2)cc1N. The predicted octanol–water partition coefficient (Wildman–Crippen LogP) is 2.59. The second-order valence-electron chi connectivity index (χ2n) is 5.42. The van der Waals surface area contributed by atoms with Crippen LogP contribution in [0.15, 0.2) is 48.7 Å². The van der Waals surface area contributed by atoms with Gasteiger partial charge in [-0.3, -0.25) is 0 Å². The number of nitrogens with zero attached hydrogens (tertiary/aromatic N) is 4. The molecular weight excluding hydrogens is 290 g/mol. The van der Waals surface area contributed by atoms with E-state index >= 15 is 0 Å². The van der Waals surface area contributed by atoms with Gasteiger partial charge in [0.2, 0.25) is 0 Å². The summed E-state index contributed by atoms with van der Waals surface area (Å²) >= 11 is 0. The summed E-state index contributed by atoms with van der Waals surface area (Å²) in [5, 5.41) is 8.41. The summed E-state index contributed by atoms with van der Waals surface area (Å²) in [6.07, 6.45) is 1.88. The lowest BCUT2D eigenvalue weighted by molar-refractivity contribution is 0.417. The fourth-order valence-electron chi connectivity index (χ4n) is 2.32. The fraction of sp³-hybridized carbons (Fsp3) is 0.176. The highest BCUT2D eigenvalue weighted by Gasteiger charge is 2.08. The number of hydrogen-bond acceptors (Lipinski definition) is 5. The van der Waals surface area contributed by atoms with Gasteiger partial charge in [-0.25, -0.2) is 4.68 Å². The lowest BCUT2D eigenvalue weighted by Gasteiger charge is -2.11. The van der Waals surface area contributed by atoms with Crippen molar-refractivity contribution in [3.63, 3.8) is 0 Å². The molecule has 0 bridgehead atoms. The quantitative estimate of drug-likeness (QED) is 0.750. The van der Waals surface area contributed by atoms with Gasteiger partial charge in [0, 0.05) is 25.3 Å². The molecule has 3 aromatic rings. The van der Waals surface area contributed by atoms with Crippen LogP contribution in [0, 0.1) is 0 Å². The minimum atomic E-state index is 0.567. The summed E-state index contributed by atoms with van der Waals surface area (Å²) in [5.41, 5.74) is 10.3. The molecule has 2 aromatic carbocycles. The zero-order chi connectivity index (χ0) is 16.4. The number of aromatic nitrogens is 3. The molecule has 0 spiro atoms. The second kappa shape index (κ2) is 6.00. The van der Waals surface area contributed by atoms with E-state index in [0.717, 1.165) is 22.6 Å². The van der Waals surface area contributed by atoms with Crippen LogP contribution >= 0.6 is 0 Å². The number of methoxy groups -OCH3 is 1. The van der Waals surface area contributed by atoms with Crippen LogP contribution in [0.1, 0.15) is 0 Å². The summed E-state index contributed by atoms with van der Waals surface area (Å²) in [5.74, 6) is 0.647. The molecule has 0 radical (unpaired) electrons. The Kier molecular flexibility index (Phi) is 3.89. The first-order chi connectivity index (χ1) is 11.1. The molecule has 23 heavy (non-hydrogen) atoms. The van der Waals surface area contributed by atoms with Crippen molar-refractivity contribution in [3.05, 3.63) is 48.7 Å². The maximum absolute atomic E-state index is 5.94. The van der Waals surface area contributed by atoms with Gasteiger partial charge >= 0.3 is 0 Å². The molecule has 6 nitrogen and oxygen atoms in total. The Labute approximate surface area is 135 Å². The van der Waals surface area contributed by atoms with Crippen LogP contribution in [-0.4, -0.2) is 36.2 Å². The molecule has 0 atom stereocenters. The first-order valence-corrected chi connectivity index (χ1v) is 7.22. The monoisotopic (exact) mass is 309 g/mol. The maximum Gasteiger partial charge on any atom is 0.141 e. The van der Waals surface area contributed by atoms with Crippen LogP contribution in [0.3, 0.4) is 0 Å². The molecule has 6 heteroatoms. The largest absolute Gasteiger partial charge is 0.495 e. The van der Waals surface area contributed by atoms with Gasteiger partial charge in [0.15, 0.2) is 0 Å². The van der Waals surface area contributed by atoms with Gasteiger partial charge in [-0.2, -0.15) is 0 Å². The Morgan fingerprint density at radius 1 is 1.09 bits per heavy atom. The smallest absolute Gasteiger partial charge is 0.141 e. The lowest BCUT2D eigenvalue weighted by atomic mass is 10.1. The van der Waals surface area contributed by atoms with Gasteiger partial charge in [0.1, 0.15) is 11.4 Å². The number of hydrogen-bond donors (Lipinski definition) is 1. The van der Waals surface area contributed by atoms with Crippen molar-refractivity contribution in [2.75, 3.05) is 31.8 Å². The van der Waals surface area contributed by atoms with Crippen LogP contribution in [0.2, 0.25) is 0 Å². The Bertz CT molecular complexity index is 808. The standard InChI is InChI=1S/C17H19N5O/c1-21(2)13-6-4-12(5-7-13)16-11-22(20-19-16)14-8-9-17(23-3)15(18)10-14/h4-11H,18H2,1-3H3. The minimum absolute atomic E-state index is 0.567. The van der Waals surface area contributed by atoms with Crippen LogP contribution in [0.25, 0.3) is 16.9 Å². The summed E-state index contributed by atoms with van der Waals surface area (Å²) in [6, 6.07) is 13.7. The normalized spacial score (nSPS) is 10.6. The number of benzene rings is 2.